The standard InChI is InChI=1S/ClH.6H2O.Pt/h1H;6*1H2;/q;;;;;;;+2/p-1. The molecule has 0 saturated carbocycles. The molecule has 8 heteroatoms. The zero-order valence-electron chi connectivity index (χ0n) is 3.69. The van der Waals surface area contributed by atoms with Gasteiger partial charge in [-0.1, -0.05) is 0 Å². The van der Waals surface area contributed by atoms with Crippen molar-refractivity contribution in [3.05, 3.63) is 0 Å². The van der Waals surface area contributed by atoms with E-state index in [1.54, 1.807) is 0 Å². The quantitative estimate of drug-likeness (QED) is 0.406. The first-order valence-corrected chi connectivity index (χ1v) is 0. The summed E-state index contributed by atoms with van der Waals surface area (Å²) in [5.41, 5.74) is 0. The van der Waals surface area contributed by atoms with E-state index in [4.69, 9.17) is 0 Å². The summed E-state index contributed by atoms with van der Waals surface area (Å²) in [7, 11) is 0. The van der Waals surface area contributed by atoms with E-state index < -0.39 is 0 Å². The average molecular weight is 339 g/mol. The fraction of sp³-hybridized carbons (Fsp3) is 0. The molecule has 0 bridgehead atoms. The second-order valence-electron chi connectivity index (χ2n) is 0. The van der Waals surface area contributed by atoms with Gasteiger partial charge in [0.15, 0.2) is 0 Å². The first-order chi connectivity index (χ1) is 0. The average Bonchev–Trinajstić information content (AvgIpc) is 0. The summed E-state index contributed by atoms with van der Waals surface area (Å²) < 4.78 is 0. The Balaban J connectivity index is 0. The number of hydrogen-bond donors (Lipinski definition) is 0. The van der Waals surface area contributed by atoms with Crippen molar-refractivity contribution in [2.75, 3.05) is 0 Å². The maximum Gasteiger partial charge on any atom is 2.00 e. The van der Waals surface area contributed by atoms with Gasteiger partial charge in [0.2, 0.25) is 0 Å². The van der Waals surface area contributed by atoms with Crippen molar-refractivity contribution in [2.45, 2.75) is 0 Å². The SMILES string of the molecule is O.O.O.O.O.O.[Cl-].[Pt+2]. The third kappa shape index (κ3) is 407. The van der Waals surface area contributed by atoms with Gasteiger partial charge < -0.3 is 45.3 Å². The fourth-order valence-corrected chi connectivity index (χ4v) is 0. The van der Waals surface area contributed by atoms with Gasteiger partial charge >= 0.3 is 21.1 Å². The molecule has 6 nitrogen and oxygen atoms in total. The first-order valence-electron chi connectivity index (χ1n) is 0. The second kappa shape index (κ2) is 645. The predicted molar refractivity (Wildman–Crippen MR) is 21.7 cm³/mol. The number of halogens is 1. The van der Waals surface area contributed by atoms with Crippen molar-refractivity contribution in [3.63, 3.8) is 0 Å². The molecule has 0 atom stereocenters. The Hall–Kier alpha value is 0.738. The molecular formula is H12ClO6Pt+. The molecular weight excluding hydrogens is 327 g/mol. The van der Waals surface area contributed by atoms with Gasteiger partial charge in [-0.15, -0.1) is 0 Å². The van der Waals surface area contributed by atoms with Crippen molar-refractivity contribution < 1.29 is 66.3 Å². The second-order valence-corrected chi connectivity index (χ2v) is 0. The topological polar surface area (TPSA) is 189 Å². The summed E-state index contributed by atoms with van der Waals surface area (Å²) in [5.74, 6) is 0. The fourth-order valence-electron chi connectivity index (χ4n) is 0. The Morgan fingerprint density at radius 2 is 0.375 bits per heavy atom. The van der Waals surface area contributed by atoms with Crippen LogP contribution in [0.15, 0.2) is 0 Å². The van der Waals surface area contributed by atoms with Crippen molar-refractivity contribution in [2.24, 2.45) is 0 Å². The van der Waals surface area contributed by atoms with Gasteiger partial charge in [0.05, 0.1) is 0 Å². The van der Waals surface area contributed by atoms with Crippen LogP contribution in [-0.2, 0) is 21.1 Å². The molecule has 0 unspecified atom stereocenters. The summed E-state index contributed by atoms with van der Waals surface area (Å²) in [6.07, 6.45) is 0. The summed E-state index contributed by atoms with van der Waals surface area (Å²) >= 11 is 0. The maximum atomic E-state index is 0. The smallest absolute Gasteiger partial charge is 1.00 e. The van der Waals surface area contributed by atoms with Gasteiger partial charge in [0, 0.05) is 0 Å². The molecule has 0 aliphatic rings. The maximum absolute atomic E-state index is 0. The minimum atomic E-state index is 0. The Morgan fingerprint density at radius 1 is 0.375 bits per heavy atom. The third-order valence-electron chi connectivity index (χ3n) is 0. The van der Waals surface area contributed by atoms with E-state index in [-0.39, 0.29) is 66.3 Å². The summed E-state index contributed by atoms with van der Waals surface area (Å²) in [6.45, 7) is 0. The van der Waals surface area contributed by atoms with Crippen molar-refractivity contribution >= 4 is 0 Å². The van der Waals surface area contributed by atoms with Gasteiger partial charge in [-0.25, -0.2) is 0 Å². The molecule has 64 valence electrons. The molecule has 0 amide bonds. The van der Waals surface area contributed by atoms with Crippen LogP contribution in [0.25, 0.3) is 0 Å². The molecule has 0 spiro atoms. The number of hydrogen-bond acceptors (Lipinski definition) is 0. The molecule has 0 aromatic carbocycles. The molecule has 0 fully saturated rings. The van der Waals surface area contributed by atoms with Crippen LogP contribution in [0, 0.1) is 0 Å². The summed E-state index contributed by atoms with van der Waals surface area (Å²) in [6, 6.07) is 0. The normalized spacial score (nSPS) is 0. The van der Waals surface area contributed by atoms with Crippen LogP contribution < -0.4 is 12.4 Å². The van der Waals surface area contributed by atoms with Crippen LogP contribution >= 0.6 is 0 Å². The Morgan fingerprint density at radius 3 is 0.375 bits per heavy atom. The molecule has 0 heterocycles. The summed E-state index contributed by atoms with van der Waals surface area (Å²) in [4.78, 5) is 0. The van der Waals surface area contributed by atoms with Gasteiger partial charge in [0.1, 0.15) is 0 Å². The van der Waals surface area contributed by atoms with E-state index in [0.29, 0.717) is 0 Å². The predicted octanol–water partition coefficient (Wildman–Crippen LogP) is -7.95. The van der Waals surface area contributed by atoms with E-state index in [1.165, 1.54) is 0 Å². The van der Waals surface area contributed by atoms with Crippen LogP contribution in [-0.4, -0.2) is 32.9 Å². The van der Waals surface area contributed by atoms with E-state index >= 15 is 0 Å². The van der Waals surface area contributed by atoms with Crippen molar-refractivity contribution in [1.82, 2.24) is 0 Å². The van der Waals surface area contributed by atoms with E-state index in [0.717, 1.165) is 0 Å². The van der Waals surface area contributed by atoms with Gasteiger partial charge in [-0.3, -0.25) is 0 Å². The molecule has 0 aliphatic heterocycles. The van der Waals surface area contributed by atoms with Gasteiger partial charge in [-0.2, -0.15) is 0 Å². The monoisotopic (exact) mass is 338 g/mol. The Kier molecular flexibility index (Phi) is 77300. The van der Waals surface area contributed by atoms with Crippen LogP contribution in [0.4, 0.5) is 0 Å². The molecule has 0 radical (unpaired) electrons. The molecule has 0 saturated heterocycles. The van der Waals surface area contributed by atoms with E-state index in [9.17, 15) is 0 Å². The molecule has 0 rings (SSSR count). The van der Waals surface area contributed by atoms with Gasteiger partial charge in [-0.05, 0) is 0 Å². The zero-order chi connectivity index (χ0) is 0. The Labute approximate surface area is 66.8 Å². The van der Waals surface area contributed by atoms with Crippen LogP contribution in [0.5, 0.6) is 0 Å². The molecule has 0 aromatic rings. The molecule has 8 heavy (non-hydrogen) atoms. The Bertz CT molecular complexity index is 8.49. The third-order valence-corrected chi connectivity index (χ3v) is 0. The molecule has 0 aromatic heterocycles. The van der Waals surface area contributed by atoms with Crippen LogP contribution in [0.3, 0.4) is 0 Å². The van der Waals surface area contributed by atoms with Crippen LogP contribution in [0.1, 0.15) is 0 Å². The summed E-state index contributed by atoms with van der Waals surface area (Å²) in [5, 5.41) is 0. The van der Waals surface area contributed by atoms with Crippen LogP contribution in [0.2, 0.25) is 0 Å². The van der Waals surface area contributed by atoms with Crippen molar-refractivity contribution in [3.8, 4) is 0 Å². The van der Waals surface area contributed by atoms with E-state index in [2.05, 4.69) is 0 Å². The minimum Gasteiger partial charge on any atom is -1.00 e. The molecule has 0 aliphatic carbocycles. The first kappa shape index (κ1) is 960. The largest absolute Gasteiger partial charge is 2.00 e. The number of rotatable bonds is 0. The molecule has 12 N–H and O–H groups in total. The zero-order valence-corrected chi connectivity index (χ0v) is 6.72. The van der Waals surface area contributed by atoms with E-state index in [1.807, 2.05) is 0 Å². The van der Waals surface area contributed by atoms with Gasteiger partial charge in [0.25, 0.3) is 0 Å². The van der Waals surface area contributed by atoms with Crippen molar-refractivity contribution in [1.29, 1.82) is 0 Å². The minimum absolute atomic E-state index is 0.